The number of nitrogens with zero attached hydrogens (tertiary/aromatic N) is 2. The molecule has 0 fully saturated rings. The van der Waals surface area contributed by atoms with Crippen LogP contribution < -0.4 is 14.9 Å². The van der Waals surface area contributed by atoms with Gasteiger partial charge in [-0.2, -0.15) is 0 Å². The molecule has 0 amide bonds. The summed E-state index contributed by atoms with van der Waals surface area (Å²) < 4.78 is 3.66. The maximum atomic E-state index is 14.3. The molecular weight excluding hydrogens is 576 g/mol. The Morgan fingerprint density at radius 3 is 2.25 bits per heavy atom. The van der Waals surface area contributed by atoms with Crippen LogP contribution in [0.1, 0.15) is 34.7 Å². The standard InChI is InChI=1S/C35H23BrN2OS/c36-25-16-13-22(14-17-25)33-29-18-15-21-7-1-6-12-28(21)32(29)37-35-38(33)34(39)31(40-35)20-30-26-10-4-2-8-23(26)19-24-9-3-5-11-27(24)30/h1-14,16-17,19-20,33H,15,18H2/b31-20-/t33-/m0/s1. The highest BCUT2D eigenvalue weighted by Crippen LogP contribution is 2.41. The van der Waals surface area contributed by atoms with Gasteiger partial charge in [-0.15, -0.1) is 0 Å². The quantitative estimate of drug-likeness (QED) is 0.191. The van der Waals surface area contributed by atoms with Crippen LogP contribution in [0.15, 0.2) is 123 Å². The molecule has 5 heteroatoms. The van der Waals surface area contributed by atoms with Crippen molar-refractivity contribution in [2.45, 2.75) is 18.9 Å². The number of hydrogen-bond acceptors (Lipinski definition) is 3. The molecule has 0 spiro atoms. The fourth-order valence-corrected chi connectivity index (χ4v) is 7.55. The van der Waals surface area contributed by atoms with Gasteiger partial charge in [-0.1, -0.05) is 112 Å². The predicted molar refractivity (Wildman–Crippen MR) is 168 cm³/mol. The van der Waals surface area contributed by atoms with Crippen molar-refractivity contribution in [3.8, 4) is 0 Å². The monoisotopic (exact) mass is 598 g/mol. The Hall–Kier alpha value is -4.06. The van der Waals surface area contributed by atoms with Crippen LogP contribution in [0, 0.1) is 0 Å². The lowest BCUT2D eigenvalue weighted by atomic mass is 9.83. The van der Waals surface area contributed by atoms with E-state index in [1.165, 1.54) is 38.8 Å². The van der Waals surface area contributed by atoms with Crippen molar-refractivity contribution in [3.63, 3.8) is 0 Å². The topological polar surface area (TPSA) is 34.4 Å². The zero-order valence-corrected chi connectivity index (χ0v) is 23.9. The second-order valence-corrected chi connectivity index (χ2v) is 12.3. The summed E-state index contributed by atoms with van der Waals surface area (Å²) in [6, 6.07) is 35.8. The highest BCUT2D eigenvalue weighted by Gasteiger charge is 2.32. The van der Waals surface area contributed by atoms with E-state index in [1.54, 1.807) is 0 Å². The maximum Gasteiger partial charge on any atom is 0.271 e. The highest BCUT2D eigenvalue weighted by molar-refractivity contribution is 9.10. The van der Waals surface area contributed by atoms with Gasteiger partial charge in [0.05, 0.1) is 16.3 Å². The second-order valence-electron chi connectivity index (χ2n) is 10.4. The predicted octanol–water partition coefficient (Wildman–Crippen LogP) is 7.39. The van der Waals surface area contributed by atoms with Crippen LogP contribution in [0.3, 0.4) is 0 Å². The lowest BCUT2D eigenvalue weighted by Crippen LogP contribution is -2.38. The van der Waals surface area contributed by atoms with E-state index in [4.69, 9.17) is 4.99 Å². The summed E-state index contributed by atoms with van der Waals surface area (Å²) in [6.45, 7) is 0. The van der Waals surface area contributed by atoms with E-state index in [-0.39, 0.29) is 11.6 Å². The van der Waals surface area contributed by atoms with Crippen LogP contribution in [-0.2, 0) is 6.42 Å². The van der Waals surface area contributed by atoms with E-state index in [1.807, 2.05) is 4.57 Å². The van der Waals surface area contributed by atoms with Gasteiger partial charge in [0.2, 0.25) is 0 Å². The van der Waals surface area contributed by atoms with Crippen LogP contribution in [0.5, 0.6) is 0 Å². The first kappa shape index (κ1) is 23.8. The molecule has 0 bridgehead atoms. The van der Waals surface area contributed by atoms with Crippen molar-refractivity contribution >= 4 is 60.6 Å². The highest BCUT2D eigenvalue weighted by atomic mass is 79.9. The first-order valence-electron chi connectivity index (χ1n) is 13.4. The minimum Gasteiger partial charge on any atom is -0.272 e. The molecule has 1 atom stereocenters. The Morgan fingerprint density at radius 2 is 1.50 bits per heavy atom. The van der Waals surface area contributed by atoms with Gasteiger partial charge in [-0.05, 0) is 80.9 Å². The van der Waals surface area contributed by atoms with Crippen LogP contribution >= 0.6 is 27.3 Å². The van der Waals surface area contributed by atoms with Crippen molar-refractivity contribution in [3.05, 3.63) is 155 Å². The van der Waals surface area contributed by atoms with Crippen molar-refractivity contribution in [2.24, 2.45) is 4.99 Å². The number of aromatic nitrogens is 1. The fourth-order valence-electron chi connectivity index (χ4n) is 6.30. The number of fused-ring (bicyclic) bond motifs is 5. The largest absolute Gasteiger partial charge is 0.272 e. The molecule has 0 N–H and O–H groups in total. The number of rotatable bonds is 2. The Kier molecular flexibility index (Phi) is 5.51. The summed E-state index contributed by atoms with van der Waals surface area (Å²) in [4.78, 5) is 20.2. The summed E-state index contributed by atoms with van der Waals surface area (Å²) in [7, 11) is 0. The number of benzene rings is 5. The minimum absolute atomic E-state index is 0.0130. The molecule has 0 saturated carbocycles. The number of aryl methyl sites for hydroxylation is 1. The third-order valence-corrected chi connectivity index (χ3v) is 9.66. The van der Waals surface area contributed by atoms with Crippen molar-refractivity contribution in [2.75, 3.05) is 0 Å². The van der Waals surface area contributed by atoms with Crippen LogP contribution in [0.2, 0.25) is 0 Å². The molecule has 1 aliphatic heterocycles. The summed E-state index contributed by atoms with van der Waals surface area (Å²) in [5.41, 5.74) is 6.94. The molecule has 8 rings (SSSR count). The Morgan fingerprint density at radius 1 is 0.825 bits per heavy atom. The molecule has 2 heterocycles. The first-order valence-corrected chi connectivity index (χ1v) is 15.1. The van der Waals surface area contributed by atoms with Gasteiger partial charge in [0.15, 0.2) is 4.80 Å². The molecule has 1 aliphatic carbocycles. The Labute approximate surface area is 243 Å². The molecule has 40 heavy (non-hydrogen) atoms. The first-order chi connectivity index (χ1) is 19.7. The van der Waals surface area contributed by atoms with E-state index in [2.05, 4.69) is 125 Å². The van der Waals surface area contributed by atoms with Gasteiger partial charge < -0.3 is 0 Å². The van der Waals surface area contributed by atoms with Crippen molar-refractivity contribution in [1.82, 2.24) is 4.57 Å². The van der Waals surface area contributed by atoms with Gasteiger partial charge in [0.25, 0.3) is 5.56 Å². The SMILES string of the molecule is O=c1/c(=C/c2c3ccccc3cc3ccccc23)sc2n1[C@@H](c1ccc(Br)cc1)C1=C(N=2)c2ccccc2CC1. The van der Waals surface area contributed by atoms with Crippen LogP contribution in [0.25, 0.3) is 33.3 Å². The summed E-state index contributed by atoms with van der Waals surface area (Å²) in [5.74, 6) is 0. The van der Waals surface area contributed by atoms with Gasteiger partial charge in [-0.25, -0.2) is 4.99 Å². The molecule has 5 aromatic carbocycles. The number of thiazole rings is 1. The lowest BCUT2D eigenvalue weighted by molar-refractivity contribution is 0.585. The average molecular weight is 600 g/mol. The fraction of sp³-hybridized carbons (Fsp3) is 0.0857. The zero-order valence-electron chi connectivity index (χ0n) is 21.5. The van der Waals surface area contributed by atoms with Gasteiger partial charge in [0, 0.05) is 10.0 Å². The Balaban J connectivity index is 1.43. The summed E-state index contributed by atoms with van der Waals surface area (Å²) in [6.07, 6.45) is 3.92. The molecule has 2 aliphatic rings. The van der Waals surface area contributed by atoms with E-state index < -0.39 is 0 Å². The molecular formula is C35H23BrN2OS. The lowest BCUT2D eigenvalue weighted by Gasteiger charge is -2.30. The number of allylic oxidation sites excluding steroid dienone is 1. The molecule has 1 aromatic heterocycles. The zero-order chi connectivity index (χ0) is 26.8. The number of halogens is 1. The molecule has 192 valence electrons. The van der Waals surface area contributed by atoms with E-state index in [0.717, 1.165) is 49.7 Å². The molecule has 0 unspecified atom stereocenters. The molecule has 0 radical (unpaired) electrons. The minimum atomic E-state index is -0.181. The van der Waals surface area contributed by atoms with Crippen LogP contribution in [0.4, 0.5) is 0 Å². The Bertz CT molecular complexity index is 2150. The van der Waals surface area contributed by atoms with Crippen LogP contribution in [-0.4, -0.2) is 4.57 Å². The smallest absolute Gasteiger partial charge is 0.271 e. The molecule has 6 aromatic rings. The molecule has 0 saturated heterocycles. The van der Waals surface area contributed by atoms with Gasteiger partial charge in [0.1, 0.15) is 0 Å². The van der Waals surface area contributed by atoms with Gasteiger partial charge >= 0.3 is 0 Å². The van der Waals surface area contributed by atoms with E-state index >= 15 is 0 Å². The summed E-state index contributed by atoms with van der Waals surface area (Å²) in [5, 5.41) is 4.62. The van der Waals surface area contributed by atoms with E-state index in [0.29, 0.717) is 4.53 Å². The average Bonchev–Trinajstić information content (AvgIpc) is 3.30. The third-order valence-electron chi connectivity index (χ3n) is 8.15. The number of hydrogen-bond donors (Lipinski definition) is 0. The van der Waals surface area contributed by atoms with Gasteiger partial charge in [-0.3, -0.25) is 9.36 Å². The third kappa shape index (κ3) is 3.69. The van der Waals surface area contributed by atoms with Crippen molar-refractivity contribution < 1.29 is 0 Å². The van der Waals surface area contributed by atoms with E-state index in [9.17, 15) is 4.79 Å². The maximum absolute atomic E-state index is 14.3. The second kappa shape index (κ2) is 9.26. The summed E-state index contributed by atoms with van der Waals surface area (Å²) >= 11 is 5.08. The molecule has 3 nitrogen and oxygen atoms in total. The normalized spacial score (nSPS) is 16.5. The van der Waals surface area contributed by atoms with Crippen molar-refractivity contribution in [1.29, 1.82) is 0 Å².